The zero-order valence-electron chi connectivity index (χ0n) is 7.19. The van der Waals surface area contributed by atoms with Crippen molar-refractivity contribution in [3.63, 3.8) is 0 Å². The molecule has 0 saturated carbocycles. The van der Waals surface area contributed by atoms with E-state index in [1.165, 1.54) is 6.21 Å². The Balaban J connectivity index is 2.51. The molecule has 1 atom stereocenters. The van der Waals surface area contributed by atoms with Crippen LogP contribution in [0.3, 0.4) is 0 Å². The molecular formula is C7H9N5O2. The normalized spacial score (nSPS) is 18.8. The SMILES string of the molecule is Nc1nc2c(c(=O)[nH]1)NC(CO)C=N2. The molecule has 0 aromatic carbocycles. The second kappa shape index (κ2) is 3.11. The molecule has 2 rings (SSSR count). The summed E-state index contributed by atoms with van der Waals surface area (Å²) >= 11 is 0. The van der Waals surface area contributed by atoms with Crippen molar-refractivity contribution in [1.82, 2.24) is 9.97 Å². The number of hydrogen-bond acceptors (Lipinski definition) is 6. The molecule has 7 heteroatoms. The predicted molar refractivity (Wildman–Crippen MR) is 51.9 cm³/mol. The summed E-state index contributed by atoms with van der Waals surface area (Å²) in [6.07, 6.45) is 1.48. The van der Waals surface area contributed by atoms with Crippen molar-refractivity contribution in [2.45, 2.75) is 6.04 Å². The van der Waals surface area contributed by atoms with Gasteiger partial charge in [0.05, 0.1) is 12.6 Å². The Morgan fingerprint density at radius 1 is 1.64 bits per heavy atom. The summed E-state index contributed by atoms with van der Waals surface area (Å²) in [5, 5.41) is 11.6. The molecule has 1 aromatic heterocycles. The number of aromatic nitrogens is 2. The summed E-state index contributed by atoms with van der Waals surface area (Å²) in [6, 6.07) is -0.353. The highest BCUT2D eigenvalue weighted by atomic mass is 16.3. The van der Waals surface area contributed by atoms with Crippen molar-refractivity contribution in [2.75, 3.05) is 17.7 Å². The first kappa shape index (κ1) is 8.70. The van der Waals surface area contributed by atoms with Crippen molar-refractivity contribution >= 4 is 23.7 Å². The maximum absolute atomic E-state index is 11.4. The average molecular weight is 195 g/mol. The van der Waals surface area contributed by atoms with E-state index in [9.17, 15) is 4.79 Å². The largest absolute Gasteiger partial charge is 0.394 e. The maximum Gasteiger partial charge on any atom is 0.277 e. The lowest BCUT2D eigenvalue weighted by Crippen LogP contribution is -2.31. The lowest BCUT2D eigenvalue weighted by molar-refractivity contribution is 0.297. The molecule has 0 radical (unpaired) electrons. The highest BCUT2D eigenvalue weighted by Gasteiger charge is 2.17. The summed E-state index contributed by atoms with van der Waals surface area (Å²) in [5.41, 5.74) is 5.18. The van der Waals surface area contributed by atoms with Crippen molar-refractivity contribution < 1.29 is 5.11 Å². The molecule has 0 bridgehead atoms. The number of nitrogens with one attached hydrogen (secondary N) is 2. The Morgan fingerprint density at radius 2 is 2.43 bits per heavy atom. The monoisotopic (exact) mass is 195 g/mol. The highest BCUT2D eigenvalue weighted by molar-refractivity contribution is 5.81. The van der Waals surface area contributed by atoms with E-state index in [4.69, 9.17) is 10.8 Å². The molecule has 0 spiro atoms. The molecular weight excluding hydrogens is 186 g/mol. The van der Waals surface area contributed by atoms with Gasteiger partial charge in [0.1, 0.15) is 5.69 Å². The highest BCUT2D eigenvalue weighted by Crippen LogP contribution is 2.21. The minimum absolute atomic E-state index is 0.0233. The van der Waals surface area contributed by atoms with E-state index in [0.29, 0.717) is 0 Å². The molecule has 14 heavy (non-hydrogen) atoms. The van der Waals surface area contributed by atoms with E-state index >= 15 is 0 Å². The van der Waals surface area contributed by atoms with Gasteiger partial charge in [-0.25, -0.2) is 4.99 Å². The van der Waals surface area contributed by atoms with Crippen molar-refractivity contribution in [3.8, 4) is 0 Å². The Morgan fingerprint density at radius 3 is 3.14 bits per heavy atom. The maximum atomic E-state index is 11.4. The molecule has 1 unspecified atom stereocenters. The summed E-state index contributed by atoms with van der Waals surface area (Å²) in [5.74, 6) is 0.270. The number of aliphatic imine (C=N–C) groups is 1. The van der Waals surface area contributed by atoms with Gasteiger partial charge in [0.2, 0.25) is 5.95 Å². The fourth-order valence-electron chi connectivity index (χ4n) is 1.18. The lowest BCUT2D eigenvalue weighted by atomic mass is 10.3. The van der Waals surface area contributed by atoms with E-state index in [2.05, 4.69) is 20.3 Å². The van der Waals surface area contributed by atoms with Crippen LogP contribution in [0.5, 0.6) is 0 Å². The van der Waals surface area contributed by atoms with Crippen LogP contribution >= 0.6 is 0 Å². The number of fused-ring (bicyclic) bond motifs is 1. The predicted octanol–water partition coefficient (Wildman–Crippen LogP) is -1.16. The van der Waals surface area contributed by atoms with Crippen LogP contribution in [0.1, 0.15) is 0 Å². The van der Waals surface area contributed by atoms with Gasteiger partial charge in [-0.2, -0.15) is 4.98 Å². The van der Waals surface area contributed by atoms with Gasteiger partial charge < -0.3 is 16.2 Å². The molecule has 0 amide bonds. The van der Waals surface area contributed by atoms with Crippen molar-refractivity contribution in [1.29, 1.82) is 0 Å². The van der Waals surface area contributed by atoms with Crippen molar-refractivity contribution in [2.24, 2.45) is 4.99 Å². The Labute approximate surface area is 78.7 Å². The summed E-state index contributed by atoms with van der Waals surface area (Å²) < 4.78 is 0. The minimum Gasteiger partial charge on any atom is -0.394 e. The van der Waals surface area contributed by atoms with Gasteiger partial charge in [-0.15, -0.1) is 0 Å². The number of nitrogens with zero attached hydrogens (tertiary/aromatic N) is 2. The zero-order valence-corrected chi connectivity index (χ0v) is 7.19. The molecule has 0 saturated heterocycles. The molecule has 1 aromatic rings. The van der Waals surface area contributed by atoms with Crippen LogP contribution in [-0.4, -0.2) is 33.9 Å². The third-order valence-electron chi connectivity index (χ3n) is 1.82. The molecule has 0 fully saturated rings. The first-order valence-electron chi connectivity index (χ1n) is 4.02. The number of anilines is 2. The standard InChI is InChI=1S/C7H9N5O2/c8-7-11-5-4(6(14)12-7)10-3(2-13)1-9-5/h1,3,10,13H,2H2,(H3,8,11,12,14). The molecule has 74 valence electrons. The second-order valence-corrected chi connectivity index (χ2v) is 2.86. The molecule has 7 nitrogen and oxygen atoms in total. The Hall–Kier alpha value is -1.89. The van der Waals surface area contributed by atoms with Crippen LogP contribution in [-0.2, 0) is 0 Å². The van der Waals surface area contributed by atoms with Gasteiger partial charge in [0.25, 0.3) is 5.56 Å². The van der Waals surface area contributed by atoms with Gasteiger partial charge in [-0.3, -0.25) is 9.78 Å². The summed E-state index contributed by atoms with van der Waals surface area (Å²) in [7, 11) is 0. The van der Waals surface area contributed by atoms with Crippen LogP contribution in [0.4, 0.5) is 17.5 Å². The fraction of sp³-hybridized carbons (Fsp3) is 0.286. The van der Waals surface area contributed by atoms with E-state index in [1.54, 1.807) is 0 Å². The fourth-order valence-corrected chi connectivity index (χ4v) is 1.18. The summed E-state index contributed by atoms with van der Waals surface area (Å²) in [6.45, 7) is -0.132. The Bertz CT molecular complexity index is 438. The smallest absolute Gasteiger partial charge is 0.277 e. The van der Waals surface area contributed by atoms with Gasteiger partial charge >= 0.3 is 0 Å². The summed E-state index contributed by atoms with van der Waals surface area (Å²) in [4.78, 5) is 21.4. The first-order chi connectivity index (χ1) is 6.70. The van der Waals surface area contributed by atoms with Crippen LogP contribution in [0, 0.1) is 0 Å². The van der Waals surface area contributed by atoms with Gasteiger partial charge in [-0.05, 0) is 0 Å². The van der Waals surface area contributed by atoms with Gasteiger partial charge in [0, 0.05) is 6.21 Å². The number of nitrogens with two attached hydrogens (primary N) is 1. The molecule has 1 aliphatic rings. The van der Waals surface area contributed by atoms with Gasteiger partial charge in [0.15, 0.2) is 5.82 Å². The second-order valence-electron chi connectivity index (χ2n) is 2.86. The minimum atomic E-state index is -0.386. The number of rotatable bonds is 1. The topological polar surface area (TPSA) is 116 Å². The lowest BCUT2D eigenvalue weighted by Gasteiger charge is -2.17. The van der Waals surface area contributed by atoms with E-state index in [-0.39, 0.29) is 35.7 Å². The third-order valence-corrected chi connectivity index (χ3v) is 1.82. The number of aliphatic hydroxyl groups is 1. The number of aliphatic hydroxyl groups excluding tert-OH is 1. The molecule has 0 aliphatic carbocycles. The molecule has 2 heterocycles. The van der Waals surface area contributed by atoms with Crippen LogP contribution in [0.25, 0.3) is 0 Å². The average Bonchev–Trinajstić information content (AvgIpc) is 2.17. The Kier molecular flexibility index (Phi) is 1.93. The van der Waals surface area contributed by atoms with Crippen molar-refractivity contribution in [3.05, 3.63) is 10.4 Å². The molecule has 5 N–H and O–H groups in total. The quantitative estimate of drug-likeness (QED) is 0.451. The first-order valence-corrected chi connectivity index (χ1v) is 4.02. The van der Waals surface area contributed by atoms with Crippen LogP contribution in [0.2, 0.25) is 0 Å². The number of aromatic amines is 1. The molecule has 1 aliphatic heterocycles. The number of H-pyrrole nitrogens is 1. The van der Waals surface area contributed by atoms with E-state index < -0.39 is 0 Å². The number of hydrogen-bond donors (Lipinski definition) is 4. The zero-order chi connectivity index (χ0) is 10.1. The third kappa shape index (κ3) is 1.33. The van der Waals surface area contributed by atoms with Crippen LogP contribution < -0.4 is 16.6 Å². The van der Waals surface area contributed by atoms with E-state index in [0.717, 1.165) is 0 Å². The number of nitrogen functional groups attached to an aromatic ring is 1. The van der Waals surface area contributed by atoms with Gasteiger partial charge in [-0.1, -0.05) is 0 Å². The van der Waals surface area contributed by atoms with E-state index in [1.807, 2.05) is 0 Å². The van der Waals surface area contributed by atoms with Crippen LogP contribution in [0.15, 0.2) is 9.79 Å².